The van der Waals surface area contributed by atoms with Crippen molar-refractivity contribution in [2.24, 2.45) is 0 Å². The molecular formula is C18H20N4OS. The first-order chi connectivity index (χ1) is 11.7. The zero-order chi connectivity index (χ0) is 16.9. The Morgan fingerprint density at radius 1 is 1.08 bits per heavy atom. The van der Waals surface area contributed by atoms with E-state index in [1.54, 1.807) is 23.5 Å². The van der Waals surface area contributed by atoms with Gasteiger partial charge in [-0.05, 0) is 35.7 Å². The van der Waals surface area contributed by atoms with E-state index < -0.39 is 0 Å². The molecule has 1 heterocycles. The summed E-state index contributed by atoms with van der Waals surface area (Å²) in [5.74, 6) is 8.56. The van der Waals surface area contributed by atoms with Crippen molar-refractivity contribution in [2.75, 3.05) is 13.0 Å². The third-order valence-electron chi connectivity index (χ3n) is 3.87. The molecule has 0 aliphatic heterocycles. The second kappa shape index (κ2) is 7.40. The Kier molecular flexibility index (Phi) is 5.05. The maximum Gasteiger partial charge on any atom is 0.210 e. The summed E-state index contributed by atoms with van der Waals surface area (Å²) in [7, 11) is 1.66. The molecule has 124 valence electrons. The van der Waals surface area contributed by atoms with Crippen LogP contribution in [0.1, 0.15) is 22.5 Å². The SMILES string of the molecule is COc1ccc(Cc2nnc(SCc3ccccc3C)n2N)cc1. The number of nitrogens with zero attached hydrogens (tertiary/aromatic N) is 3. The lowest BCUT2D eigenvalue weighted by Crippen LogP contribution is -2.14. The van der Waals surface area contributed by atoms with Crippen molar-refractivity contribution in [3.8, 4) is 5.75 Å². The molecule has 0 saturated carbocycles. The maximum atomic E-state index is 6.16. The van der Waals surface area contributed by atoms with Crippen LogP contribution in [0.4, 0.5) is 0 Å². The van der Waals surface area contributed by atoms with Gasteiger partial charge in [0.15, 0.2) is 5.82 Å². The molecule has 3 rings (SSSR count). The van der Waals surface area contributed by atoms with Crippen LogP contribution in [0.25, 0.3) is 0 Å². The Balaban J connectivity index is 1.68. The second-order valence-electron chi connectivity index (χ2n) is 5.51. The summed E-state index contributed by atoms with van der Waals surface area (Å²) in [5.41, 5.74) is 3.67. The van der Waals surface area contributed by atoms with Crippen molar-refractivity contribution < 1.29 is 4.74 Å². The van der Waals surface area contributed by atoms with Crippen molar-refractivity contribution >= 4 is 11.8 Å². The molecule has 5 nitrogen and oxygen atoms in total. The summed E-state index contributed by atoms with van der Waals surface area (Å²) < 4.78 is 6.75. The van der Waals surface area contributed by atoms with Gasteiger partial charge in [0.25, 0.3) is 0 Å². The van der Waals surface area contributed by atoms with E-state index in [9.17, 15) is 0 Å². The van der Waals surface area contributed by atoms with Crippen LogP contribution in [0.5, 0.6) is 5.75 Å². The van der Waals surface area contributed by atoms with Crippen LogP contribution in [-0.4, -0.2) is 22.0 Å². The smallest absolute Gasteiger partial charge is 0.210 e. The Bertz CT molecular complexity index is 814. The van der Waals surface area contributed by atoms with E-state index in [2.05, 4.69) is 29.3 Å². The number of methoxy groups -OCH3 is 1. The van der Waals surface area contributed by atoms with Crippen LogP contribution < -0.4 is 10.6 Å². The highest BCUT2D eigenvalue weighted by molar-refractivity contribution is 7.98. The summed E-state index contributed by atoms with van der Waals surface area (Å²) in [5, 5.41) is 9.16. The van der Waals surface area contributed by atoms with E-state index in [1.807, 2.05) is 36.4 Å². The zero-order valence-electron chi connectivity index (χ0n) is 13.8. The first-order valence-electron chi connectivity index (χ1n) is 7.67. The summed E-state index contributed by atoms with van der Waals surface area (Å²) in [6.45, 7) is 2.11. The molecule has 0 aliphatic rings. The summed E-state index contributed by atoms with van der Waals surface area (Å²) in [4.78, 5) is 0. The van der Waals surface area contributed by atoms with E-state index in [-0.39, 0.29) is 0 Å². The van der Waals surface area contributed by atoms with Gasteiger partial charge in [-0.3, -0.25) is 0 Å². The van der Waals surface area contributed by atoms with Gasteiger partial charge < -0.3 is 10.6 Å². The van der Waals surface area contributed by atoms with Crippen LogP contribution in [0.15, 0.2) is 53.7 Å². The summed E-state index contributed by atoms with van der Waals surface area (Å²) in [6, 6.07) is 16.2. The third kappa shape index (κ3) is 3.71. The van der Waals surface area contributed by atoms with E-state index in [4.69, 9.17) is 10.6 Å². The van der Waals surface area contributed by atoms with Crippen molar-refractivity contribution in [1.82, 2.24) is 14.9 Å². The van der Waals surface area contributed by atoms with Crippen LogP contribution in [0.2, 0.25) is 0 Å². The molecule has 2 aromatic carbocycles. The second-order valence-corrected chi connectivity index (χ2v) is 6.45. The number of ether oxygens (including phenoxy) is 1. The number of hydrogen-bond donors (Lipinski definition) is 1. The van der Waals surface area contributed by atoms with Gasteiger partial charge in [-0.2, -0.15) is 0 Å². The number of rotatable bonds is 6. The van der Waals surface area contributed by atoms with Gasteiger partial charge in [-0.25, -0.2) is 4.68 Å². The largest absolute Gasteiger partial charge is 0.497 e. The lowest BCUT2D eigenvalue weighted by atomic mass is 10.1. The van der Waals surface area contributed by atoms with E-state index in [0.29, 0.717) is 6.42 Å². The fourth-order valence-electron chi connectivity index (χ4n) is 2.37. The van der Waals surface area contributed by atoms with Crippen molar-refractivity contribution in [2.45, 2.75) is 24.3 Å². The van der Waals surface area contributed by atoms with Crippen LogP contribution in [0.3, 0.4) is 0 Å². The number of hydrogen-bond acceptors (Lipinski definition) is 5. The molecule has 6 heteroatoms. The molecule has 0 fully saturated rings. The fourth-order valence-corrected chi connectivity index (χ4v) is 3.32. The van der Waals surface area contributed by atoms with Gasteiger partial charge in [-0.1, -0.05) is 48.2 Å². The Morgan fingerprint density at radius 3 is 2.54 bits per heavy atom. The zero-order valence-corrected chi connectivity index (χ0v) is 14.6. The molecule has 24 heavy (non-hydrogen) atoms. The molecule has 0 amide bonds. The third-order valence-corrected chi connectivity index (χ3v) is 4.87. The average molecular weight is 340 g/mol. The van der Waals surface area contributed by atoms with Crippen LogP contribution in [-0.2, 0) is 12.2 Å². The number of nitrogens with two attached hydrogens (primary N) is 1. The molecule has 1 aromatic heterocycles. The number of benzene rings is 2. The first kappa shape index (κ1) is 16.4. The van der Waals surface area contributed by atoms with Crippen molar-refractivity contribution in [3.63, 3.8) is 0 Å². The number of aryl methyl sites for hydroxylation is 1. The first-order valence-corrected chi connectivity index (χ1v) is 8.65. The van der Waals surface area contributed by atoms with Gasteiger partial charge in [0, 0.05) is 12.2 Å². The minimum absolute atomic E-state index is 0.637. The van der Waals surface area contributed by atoms with Crippen molar-refractivity contribution in [3.05, 3.63) is 71.0 Å². The number of nitrogen functional groups attached to an aromatic ring is 1. The van der Waals surface area contributed by atoms with Gasteiger partial charge in [-0.15, -0.1) is 10.2 Å². The average Bonchev–Trinajstić information content (AvgIpc) is 2.95. The van der Waals surface area contributed by atoms with E-state index in [1.165, 1.54) is 11.1 Å². The van der Waals surface area contributed by atoms with Gasteiger partial charge in [0.1, 0.15) is 5.75 Å². The molecule has 0 spiro atoms. The number of thioether (sulfide) groups is 1. The highest BCUT2D eigenvalue weighted by Crippen LogP contribution is 2.23. The molecule has 0 unspecified atom stereocenters. The lowest BCUT2D eigenvalue weighted by Gasteiger charge is -2.06. The fraction of sp³-hybridized carbons (Fsp3) is 0.222. The van der Waals surface area contributed by atoms with Gasteiger partial charge in [0.2, 0.25) is 5.16 Å². The molecule has 0 saturated heterocycles. The monoisotopic (exact) mass is 340 g/mol. The maximum absolute atomic E-state index is 6.16. The molecule has 0 radical (unpaired) electrons. The summed E-state index contributed by atoms with van der Waals surface area (Å²) in [6.07, 6.45) is 0.637. The quantitative estimate of drug-likeness (QED) is 0.551. The predicted octanol–water partition coefficient (Wildman–Crippen LogP) is 3.19. The molecule has 0 bridgehead atoms. The molecule has 0 aliphatic carbocycles. The van der Waals surface area contributed by atoms with E-state index in [0.717, 1.165) is 28.0 Å². The Hall–Kier alpha value is -2.47. The Morgan fingerprint density at radius 2 is 1.83 bits per heavy atom. The van der Waals surface area contributed by atoms with Gasteiger partial charge >= 0.3 is 0 Å². The molecule has 2 N–H and O–H groups in total. The van der Waals surface area contributed by atoms with E-state index >= 15 is 0 Å². The molecule has 3 aromatic rings. The topological polar surface area (TPSA) is 66.0 Å². The predicted molar refractivity (Wildman–Crippen MR) is 96.7 cm³/mol. The van der Waals surface area contributed by atoms with Crippen LogP contribution >= 0.6 is 11.8 Å². The number of aromatic nitrogens is 3. The van der Waals surface area contributed by atoms with Crippen molar-refractivity contribution in [1.29, 1.82) is 0 Å². The minimum Gasteiger partial charge on any atom is -0.497 e. The summed E-state index contributed by atoms with van der Waals surface area (Å²) >= 11 is 1.60. The lowest BCUT2D eigenvalue weighted by molar-refractivity contribution is 0.414. The normalized spacial score (nSPS) is 10.8. The molecular weight excluding hydrogens is 320 g/mol. The minimum atomic E-state index is 0.637. The van der Waals surface area contributed by atoms with Gasteiger partial charge in [0.05, 0.1) is 7.11 Å². The molecule has 0 atom stereocenters. The standard InChI is InChI=1S/C18H20N4OS/c1-13-5-3-4-6-15(13)12-24-18-21-20-17(22(18)19)11-14-7-9-16(23-2)10-8-14/h3-10H,11-12,19H2,1-2H3. The van der Waals surface area contributed by atoms with Crippen LogP contribution in [0, 0.1) is 6.92 Å². The highest BCUT2D eigenvalue weighted by Gasteiger charge is 2.11. The Labute approximate surface area is 145 Å². The highest BCUT2D eigenvalue weighted by atomic mass is 32.2.